The van der Waals surface area contributed by atoms with Crippen molar-refractivity contribution in [2.24, 2.45) is 17.3 Å². The minimum absolute atomic E-state index is 0.0142. The highest BCUT2D eigenvalue weighted by Gasteiger charge is 2.15. The number of aromatic hydroxyl groups is 1. The van der Waals surface area contributed by atoms with Gasteiger partial charge in [-0.05, 0) is 18.2 Å². The minimum Gasteiger partial charge on any atom is -0.493 e. The Morgan fingerprint density at radius 3 is 1.97 bits per heavy atom. The number of nitrogens with zero attached hydrogens (tertiary/aromatic N) is 4. The van der Waals surface area contributed by atoms with Gasteiger partial charge in [0.15, 0.2) is 5.69 Å². The number of rotatable bonds is 3. The number of fused-ring (bicyclic) bond motifs is 4. The third-order valence-corrected chi connectivity index (χ3v) is 5.28. The predicted molar refractivity (Wildman–Crippen MR) is 114 cm³/mol. The molecule has 29 heavy (non-hydrogen) atoms. The smallest absolute Gasteiger partial charge is 0.284 e. The zero-order valence-corrected chi connectivity index (χ0v) is 15.8. The van der Waals surface area contributed by atoms with E-state index in [0.717, 1.165) is 32.7 Å². The number of carbonyl (C=O) groups is 1. The maximum atomic E-state index is 12.7. The topological polar surface area (TPSA) is 71.9 Å². The normalized spacial score (nSPS) is 11.9. The van der Waals surface area contributed by atoms with Crippen LogP contribution in [0.2, 0.25) is 0 Å². The summed E-state index contributed by atoms with van der Waals surface area (Å²) in [5, 5.41) is 21.3. The molecule has 0 saturated heterocycles. The van der Waals surface area contributed by atoms with Gasteiger partial charge in [-0.2, -0.15) is 0 Å². The summed E-state index contributed by atoms with van der Waals surface area (Å²) in [6, 6.07) is 23.5. The fourth-order valence-electron chi connectivity index (χ4n) is 3.90. The largest absolute Gasteiger partial charge is 0.493 e. The van der Waals surface area contributed by atoms with E-state index in [1.165, 1.54) is 0 Å². The fourth-order valence-corrected chi connectivity index (χ4v) is 3.90. The van der Waals surface area contributed by atoms with Gasteiger partial charge in [0, 0.05) is 34.2 Å². The van der Waals surface area contributed by atoms with Crippen molar-refractivity contribution in [1.82, 2.24) is 9.13 Å². The molecule has 0 unspecified atom stereocenters. The van der Waals surface area contributed by atoms with Gasteiger partial charge in [-0.25, -0.2) is 0 Å². The summed E-state index contributed by atoms with van der Waals surface area (Å²) < 4.78 is 3.58. The Morgan fingerprint density at radius 1 is 0.828 bits per heavy atom. The van der Waals surface area contributed by atoms with Crippen molar-refractivity contribution in [3.05, 3.63) is 72.8 Å². The van der Waals surface area contributed by atoms with Crippen molar-refractivity contribution < 1.29 is 9.90 Å². The van der Waals surface area contributed by atoms with Gasteiger partial charge in [-0.3, -0.25) is 4.79 Å². The number of carbonyl (C=O) groups excluding carboxylic acids is 1. The van der Waals surface area contributed by atoms with Gasteiger partial charge < -0.3 is 14.2 Å². The maximum absolute atomic E-state index is 12.7. The van der Waals surface area contributed by atoms with Crippen LogP contribution in [0, 0.1) is 0 Å². The molecule has 1 N–H and O–H groups in total. The summed E-state index contributed by atoms with van der Waals surface area (Å²) in [6.45, 7) is 0.0725. The van der Waals surface area contributed by atoms with Gasteiger partial charge in [0.2, 0.25) is 5.88 Å². The summed E-state index contributed by atoms with van der Waals surface area (Å²) in [6.07, 6.45) is 0. The average molecular weight is 382 g/mol. The Bertz CT molecular complexity index is 1370. The maximum Gasteiger partial charge on any atom is 0.284 e. The number of amides is 1. The summed E-state index contributed by atoms with van der Waals surface area (Å²) in [7, 11) is 1.75. The van der Waals surface area contributed by atoms with E-state index < -0.39 is 0 Å². The summed E-state index contributed by atoms with van der Waals surface area (Å²) in [5.74, 6) is -0.400. The van der Waals surface area contributed by atoms with E-state index in [0.29, 0.717) is 5.69 Å². The third kappa shape index (κ3) is 2.69. The number of azo groups is 1. The van der Waals surface area contributed by atoms with Crippen LogP contribution >= 0.6 is 0 Å². The first-order valence-electron chi connectivity index (χ1n) is 9.32. The number of para-hydroxylation sites is 3. The first kappa shape index (κ1) is 17.2. The molecular formula is C23H18N4O2. The van der Waals surface area contributed by atoms with E-state index in [9.17, 15) is 9.90 Å². The Kier molecular flexibility index (Phi) is 3.91. The van der Waals surface area contributed by atoms with Gasteiger partial charge in [0.25, 0.3) is 5.91 Å². The summed E-state index contributed by atoms with van der Waals surface area (Å²) in [5.41, 5.74) is 3.09. The minimum atomic E-state index is -0.385. The molecule has 6 heteroatoms. The first-order valence-corrected chi connectivity index (χ1v) is 9.32. The van der Waals surface area contributed by atoms with Crippen molar-refractivity contribution in [1.29, 1.82) is 0 Å². The highest BCUT2D eigenvalue weighted by Crippen LogP contribution is 2.37. The van der Waals surface area contributed by atoms with E-state index >= 15 is 0 Å². The van der Waals surface area contributed by atoms with Gasteiger partial charge in [-0.15, -0.1) is 10.2 Å². The standard InChI is InChI=1S/C23H18N4O2/c1-26-18-11-5-4-10-17(18)22(23(26)29)25-24-21(28)14-27-19-12-6-2-8-15(19)16-9-3-7-13-20(16)27/h2-13,29H,14H2,1H3. The summed E-state index contributed by atoms with van der Waals surface area (Å²) in [4.78, 5) is 12.7. The number of aromatic nitrogens is 2. The lowest BCUT2D eigenvalue weighted by atomic mass is 10.2. The van der Waals surface area contributed by atoms with E-state index in [2.05, 4.69) is 10.2 Å². The average Bonchev–Trinajstić information content (AvgIpc) is 3.20. The van der Waals surface area contributed by atoms with Crippen LogP contribution in [0.5, 0.6) is 5.88 Å². The van der Waals surface area contributed by atoms with Crippen molar-refractivity contribution in [3.63, 3.8) is 0 Å². The molecule has 0 radical (unpaired) electrons. The van der Waals surface area contributed by atoms with Gasteiger partial charge >= 0.3 is 0 Å². The molecular weight excluding hydrogens is 364 g/mol. The Hall–Kier alpha value is -3.93. The Balaban J connectivity index is 1.53. The molecule has 0 spiro atoms. The van der Waals surface area contributed by atoms with Crippen LogP contribution in [-0.4, -0.2) is 20.1 Å². The second kappa shape index (κ2) is 6.60. The SMILES string of the molecule is Cn1c(O)c(N=NC(=O)Cn2c3ccccc3c3ccccc32)c2ccccc21. The summed E-state index contributed by atoms with van der Waals surface area (Å²) >= 11 is 0. The number of aryl methyl sites for hydroxylation is 1. The second-order valence-electron chi connectivity index (χ2n) is 6.96. The molecule has 5 aromatic rings. The van der Waals surface area contributed by atoms with Gasteiger partial charge in [0.05, 0.1) is 5.52 Å². The molecule has 0 aliphatic rings. The molecule has 6 nitrogen and oxygen atoms in total. The molecule has 3 aromatic carbocycles. The van der Waals surface area contributed by atoms with Gasteiger partial charge in [-0.1, -0.05) is 54.6 Å². The van der Waals surface area contributed by atoms with Crippen LogP contribution in [0.3, 0.4) is 0 Å². The molecule has 1 amide bonds. The molecule has 142 valence electrons. The van der Waals surface area contributed by atoms with Crippen molar-refractivity contribution >= 4 is 44.3 Å². The fraction of sp³-hybridized carbons (Fsp3) is 0.0870. The lowest BCUT2D eigenvalue weighted by Gasteiger charge is -2.03. The van der Waals surface area contributed by atoms with Crippen LogP contribution in [0.15, 0.2) is 83.0 Å². The highest BCUT2D eigenvalue weighted by molar-refractivity contribution is 6.08. The quantitative estimate of drug-likeness (QED) is 0.430. The zero-order chi connectivity index (χ0) is 20.0. The van der Waals surface area contributed by atoms with E-state index in [1.54, 1.807) is 11.6 Å². The van der Waals surface area contributed by atoms with Crippen LogP contribution in [0.4, 0.5) is 5.69 Å². The molecule has 0 fully saturated rings. The van der Waals surface area contributed by atoms with Crippen molar-refractivity contribution in [2.45, 2.75) is 6.54 Å². The molecule has 0 aliphatic heterocycles. The molecule has 0 atom stereocenters. The van der Waals surface area contributed by atoms with Gasteiger partial charge in [0.1, 0.15) is 6.54 Å². The molecule has 0 bridgehead atoms. The number of benzene rings is 3. The molecule has 0 saturated carbocycles. The highest BCUT2D eigenvalue weighted by atomic mass is 16.3. The Labute approximate surface area is 166 Å². The van der Waals surface area contributed by atoms with Crippen LogP contribution in [0.1, 0.15) is 0 Å². The van der Waals surface area contributed by atoms with Crippen LogP contribution in [-0.2, 0) is 18.4 Å². The van der Waals surface area contributed by atoms with Crippen LogP contribution < -0.4 is 0 Å². The number of hydrogen-bond donors (Lipinski definition) is 1. The Morgan fingerprint density at radius 2 is 1.34 bits per heavy atom. The molecule has 2 heterocycles. The predicted octanol–water partition coefficient (Wildman–Crippen LogP) is 5.30. The van der Waals surface area contributed by atoms with E-state index in [-0.39, 0.29) is 18.3 Å². The van der Waals surface area contributed by atoms with Crippen molar-refractivity contribution in [2.75, 3.05) is 0 Å². The molecule has 5 rings (SSSR count). The van der Waals surface area contributed by atoms with Crippen LogP contribution in [0.25, 0.3) is 32.7 Å². The number of hydrogen-bond acceptors (Lipinski definition) is 3. The molecule has 2 aromatic heterocycles. The lowest BCUT2D eigenvalue weighted by Crippen LogP contribution is -2.06. The first-order chi connectivity index (χ1) is 14.1. The zero-order valence-electron chi connectivity index (χ0n) is 15.8. The second-order valence-corrected chi connectivity index (χ2v) is 6.96. The lowest BCUT2D eigenvalue weighted by molar-refractivity contribution is -0.118. The van der Waals surface area contributed by atoms with E-state index in [1.807, 2.05) is 77.4 Å². The molecule has 0 aliphatic carbocycles. The third-order valence-electron chi connectivity index (χ3n) is 5.28. The van der Waals surface area contributed by atoms with E-state index in [4.69, 9.17) is 0 Å². The monoisotopic (exact) mass is 382 g/mol. The van der Waals surface area contributed by atoms with Crippen molar-refractivity contribution in [3.8, 4) is 5.88 Å².